The minimum Gasteiger partial charge on any atom is -0.321 e. The SMILES string of the molecule is NS(=O)(=O)Cc1ccc(NC(=O)c2nn(-c3ccc(F)c(F)c3)c3c2CCC3)cc1. The lowest BCUT2D eigenvalue weighted by atomic mass is 10.2. The molecule has 1 aliphatic carbocycles. The molecule has 0 saturated carbocycles. The molecule has 0 unspecified atom stereocenters. The Morgan fingerprint density at radius 2 is 1.83 bits per heavy atom. The zero-order chi connectivity index (χ0) is 21.5. The molecule has 0 radical (unpaired) electrons. The van der Waals surface area contributed by atoms with Gasteiger partial charge in [-0.25, -0.2) is 27.0 Å². The van der Waals surface area contributed by atoms with Crippen LogP contribution in [0, 0.1) is 11.6 Å². The molecule has 10 heteroatoms. The summed E-state index contributed by atoms with van der Waals surface area (Å²) in [5, 5.41) is 12.1. The van der Waals surface area contributed by atoms with Gasteiger partial charge in [0.15, 0.2) is 17.3 Å². The zero-order valence-electron chi connectivity index (χ0n) is 15.7. The number of hydrogen-bond acceptors (Lipinski definition) is 4. The van der Waals surface area contributed by atoms with Crippen LogP contribution in [0.2, 0.25) is 0 Å². The Labute approximate surface area is 171 Å². The van der Waals surface area contributed by atoms with Gasteiger partial charge in [0.2, 0.25) is 10.0 Å². The summed E-state index contributed by atoms with van der Waals surface area (Å²) in [6.07, 6.45) is 2.17. The Hall–Kier alpha value is -3.11. The standard InChI is InChI=1S/C20H18F2N4O3S/c21-16-9-8-14(10-17(16)22)26-18-3-1-2-15(18)19(25-26)20(27)24-13-6-4-12(5-7-13)11-30(23,28)29/h4-10H,1-3,11H2,(H,24,27)(H2,23,28,29). The topological polar surface area (TPSA) is 107 Å². The number of nitrogens with two attached hydrogens (primary N) is 1. The van der Waals surface area contributed by atoms with Gasteiger partial charge in [-0.2, -0.15) is 5.10 Å². The van der Waals surface area contributed by atoms with E-state index in [-0.39, 0.29) is 11.4 Å². The molecular formula is C20H18F2N4O3S. The summed E-state index contributed by atoms with van der Waals surface area (Å²) >= 11 is 0. The zero-order valence-corrected chi connectivity index (χ0v) is 16.5. The third kappa shape index (κ3) is 4.10. The number of halogens is 2. The fourth-order valence-corrected chi connectivity index (χ4v) is 4.21. The maximum absolute atomic E-state index is 13.7. The van der Waals surface area contributed by atoms with Gasteiger partial charge in [-0.1, -0.05) is 12.1 Å². The molecule has 156 valence electrons. The van der Waals surface area contributed by atoms with Crippen LogP contribution in [0.15, 0.2) is 42.5 Å². The second kappa shape index (κ2) is 7.62. The first-order valence-electron chi connectivity index (χ1n) is 9.18. The predicted molar refractivity (Wildman–Crippen MR) is 107 cm³/mol. The highest BCUT2D eigenvalue weighted by Crippen LogP contribution is 2.29. The molecule has 0 aliphatic heterocycles. The number of carbonyl (C=O) groups excluding carboxylic acids is 1. The van der Waals surface area contributed by atoms with Crippen molar-refractivity contribution in [1.29, 1.82) is 0 Å². The van der Waals surface area contributed by atoms with E-state index in [1.54, 1.807) is 24.3 Å². The number of aromatic nitrogens is 2. The van der Waals surface area contributed by atoms with Gasteiger partial charge in [0.05, 0.1) is 11.4 Å². The molecule has 1 amide bonds. The average Bonchev–Trinajstić information content (AvgIpc) is 3.27. The number of benzene rings is 2. The highest BCUT2D eigenvalue weighted by Gasteiger charge is 2.27. The van der Waals surface area contributed by atoms with Crippen molar-refractivity contribution in [3.05, 3.63) is 76.6 Å². The van der Waals surface area contributed by atoms with Crippen molar-refractivity contribution >= 4 is 21.6 Å². The Morgan fingerprint density at radius 3 is 2.50 bits per heavy atom. The monoisotopic (exact) mass is 432 g/mol. The molecule has 1 aliphatic rings. The van der Waals surface area contributed by atoms with E-state index in [0.717, 1.165) is 29.8 Å². The van der Waals surface area contributed by atoms with Gasteiger partial charge >= 0.3 is 0 Å². The molecule has 3 N–H and O–H groups in total. The third-order valence-electron chi connectivity index (χ3n) is 4.87. The van der Waals surface area contributed by atoms with E-state index in [4.69, 9.17) is 5.14 Å². The van der Waals surface area contributed by atoms with Crippen molar-refractivity contribution in [2.45, 2.75) is 25.0 Å². The van der Waals surface area contributed by atoms with Crippen molar-refractivity contribution in [1.82, 2.24) is 9.78 Å². The van der Waals surface area contributed by atoms with Crippen LogP contribution in [-0.2, 0) is 28.6 Å². The molecular weight excluding hydrogens is 414 g/mol. The highest BCUT2D eigenvalue weighted by molar-refractivity contribution is 7.88. The number of sulfonamides is 1. The van der Waals surface area contributed by atoms with Gasteiger partial charge in [0, 0.05) is 23.0 Å². The fraction of sp³-hybridized carbons (Fsp3) is 0.200. The van der Waals surface area contributed by atoms with Gasteiger partial charge in [-0.15, -0.1) is 0 Å². The number of fused-ring (bicyclic) bond motifs is 1. The maximum atomic E-state index is 13.7. The summed E-state index contributed by atoms with van der Waals surface area (Å²) < 4.78 is 50.8. The lowest BCUT2D eigenvalue weighted by Gasteiger charge is -2.07. The first-order valence-corrected chi connectivity index (χ1v) is 10.9. The first kappa shape index (κ1) is 20.2. The van der Waals surface area contributed by atoms with Crippen LogP contribution < -0.4 is 10.5 Å². The van der Waals surface area contributed by atoms with Crippen molar-refractivity contribution in [2.75, 3.05) is 5.32 Å². The van der Waals surface area contributed by atoms with Crippen LogP contribution in [0.5, 0.6) is 0 Å². The second-order valence-corrected chi connectivity index (χ2v) is 8.71. The number of anilines is 1. The van der Waals surface area contributed by atoms with Crippen LogP contribution in [0.25, 0.3) is 5.69 Å². The molecule has 0 saturated heterocycles. The Morgan fingerprint density at radius 1 is 1.10 bits per heavy atom. The van der Waals surface area contributed by atoms with Gasteiger partial charge < -0.3 is 5.32 Å². The normalized spacial score (nSPS) is 13.3. The summed E-state index contributed by atoms with van der Waals surface area (Å²) in [7, 11) is -3.64. The van der Waals surface area contributed by atoms with Gasteiger partial charge in [-0.3, -0.25) is 4.79 Å². The van der Waals surface area contributed by atoms with Crippen LogP contribution >= 0.6 is 0 Å². The molecule has 4 rings (SSSR count). The molecule has 1 heterocycles. The number of nitrogens with one attached hydrogen (secondary N) is 1. The summed E-state index contributed by atoms with van der Waals surface area (Å²) in [4.78, 5) is 12.8. The minimum absolute atomic E-state index is 0.223. The Kier molecular flexibility index (Phi) is 5.12. The first-order chi connectivity index (χ1) is 14.2. The smallest absolute Gasteiger partial charge is 0.276 e. The average molecular weight is 432 g/mol. The lowest BCUT2D eigenvalue weighted by Crippen LogP contribution is -2.16. The van der Waals surface area contributed by atoms with Crippen molar-refractivity contribution in [3.63, 3.8) is 0 Å². The van der Waals surface area contributed by atoms with Crippen molar-refractivity contribution in [2.24, 2.45) is 5.14 Å². The molecule has 0 atom stereocenters. The molecule has 7 nitrogen and oxygen atoms in total. The van der Waals surface area contributed by atoms with Crippen molar-refractivity contribution in [3.8, 4) is 5.69 Å². The van der Waals surface area contributed by atoms with E-state index in [1.165, 1.54) is 10.7 Å². The van der Waals surface area contributed by atoms with E-state index in [9.17, 15) is 22.0 Å². The minimum atomic E-state index is -3.64. The van der Waals surface area contributed by atoms with E-state index < -0.39 is 27.6 Å². The fourth-order valence-electron chi connectivity index (χ4n) is 3.56. The number of hydrogen-bond donors (Lipinski definition) is 2. The number of carbonyl (C=O) groups is 1. The quantitative estimate of drug-likeness (QED) is 0.646. The summed E-state index contributed by atoms with van der Waals surface area (Å²) in [6, 6.07) is 9.75. The van der Waals surface area contributed by atoms with E-state index in [0.29, 0.717) is 29.8 Å². The van der Waals surface area contributed by atoms with Crippen molar-refractivity contribution < 1.29 is 22.0 Å². The Balaban J connectivity index is 1.60. The molecule has 0 bridgehead atoms. The van der Waals surface area contributed by atoms with E-state index in [1.807, 2.05) is 0 Å². The lowest BCUT2D eigenvalue weighted by molar-refractivity contribution is 0.102. The van der Waals surface area contributed by atoms with Crippen LogP contribution in [0.1, 0.15) is 33.7 Å². The van der Waals surface area contributed by atoms with Gasteiger partial charge in [-0.05, 0) is 49.1 Å². The largest absolute Gasteiger partial charge is 0.321 e. The molecule has 30 heavy (non-hydrogen) atoms. The Bertz CT molecular complexity index is 1240. The summed E-state index contributed by atoms with van der Waals surface area (Å²) in [5.74, 6) is -2.67. The van der Waals surface area contributed by atoms with Gasteiger partial charge in [0.25, 0.3) is 5.91 Å². The predicted octanol–water partition coefficient (Wildman–Crippen LogP) is 2.68. The second-order valence-electron chi connectivity index (χ2n) is 7.10. The molecule has 0 fully saturated rings. The number of primary sulfonamides is 1. The maximum Gasteiger partial charge on any atom is 0.276 e. The number of amides is 1. The third-order valence-corrected chi connectivity index (χ3v) is 5.61. The van der Waals surface area contributed by atoms with Crippen LogP contribution in [0.4, 0.5) is 14.5 Å². The molecule has 1 aromatic heterocycles. The van der Waals surface area contributed by atoms with Crippen LogP contribution in [-0.4, -0.2) is 24.1 Å². The number of nitrogens with zero attached hydrogens (tertiary/aromatic N) is 2. The van der Waals surface area contributed by atoms with E-state index in [2.05, 4.69) is 10.4 Å². The molecule has 3 aromatic rings. The number of rotatable bonds is 5. The van der Waals surface area contributed by atoms with E-state index >= 15 is 0 Å². The van der Waals surface area contributed by atoms with Crippen LogP contribution in [0.3, 0.4) is 0 Å². The van der Waals surface area contributed by atoms with Gasteiger partial charge in [0.1, 0.15) is 0 Å². The summed E-state index contributed by atoms with van der Waals surface area (Å²) in [5.41, 5.74) is 3.11. The highest BCUT2D eigenvalue weighted by atomic mass is 32.2. The summed E-state index contributed by atoms with van der Waals surface area (Å²) in [6.45, 7) is 0. The molecule has 0 spiro atoms. The molecule has 2 aromatic carbocycles.